The van der Waals surface area contributed by atoms with Crippen molar-refractivity contribution in [3.8, 4) is 5.75 Å². The Kier molecular flexibility index (Phi) is 7.56. The molecule has 7 heteroatoms. The number of nitro benzene ring substituents is 1. The van der Waals surface area contributed by atoms with E-state index < -0.39 is 11.2 Å². The van der Waals surface area contributed by atoms with E-state index in [-0.39, 0.29) is 19.1 Å². The molecule has 0 fully saturated rings. The minimum Gasteiger partial charge on any atom is -0.467 e. The third-order valence-electron chi connectivity index (χ3n) is 2.30. The van der Waals surface area contributed by atoms with Crippen LogP contribution in [0.2, 0.25) is 0 Å². The number of non-ortho nitro benzene ring substituents is 1. The molecule has 0 atom stereocenters. The molecule has 0 aliphatic heterocycles. The van der Waals surface area contributed by atoms with Crippen LogP contribution in [-0.4, -0.2) is 37.8 Å². The standard InChI is InChI=1S/C13H19NO6/c1-3-18-13(19-4-2)9-17-10-20-12-7-5-6-11(8-12)14(15)16/h5-8,13H,3-4,9-10H2,1-2H3. The molecular weight excluding hydrogens is 266 g/mol. The first-order valence-corrected chi connectivity index (χ1v) is 6.35. The molecule has 0 saturated heterocycles. The van der Waals surface area contributed by atoms with Crippen molar-refractivity contribution in [1.82, 2.24) is 0 Å². The van der Waals surface area contributed by atoms with E-state index in [0.29, 0.717) is 19.0 Å². The number of benzene rings is 1. The lowest BCUT2D eigenvalue weighted by atomic mass is 10.3. The highest BCUT2D eigenvalue weighted by Crippen LogP contribution is 2.18. The van der Waals surface area contributed by atoms with Gasteiger partial charge in [-0.15, -0.1) is 0 Å². The quantitative estimate of drug-likeness (QED) is 0.284. The van der Waals surface area contributed by atoms with Gasteiger partial charge in [0.1, 0.15) is 12.4 Å². The zero-order valence-electron chi connectivity index (χ0n) is 11.6. The minimum absolute atomic E-state index is 0.0241. The highest BCUT2D eigenvalue weighted by atomic mass is 16.7. The van der Waals surface area contributed by atoms with Gasteiger partial charge in [0.05, 0.1) is 11.0 Å². The molecule has 0 bridgehead atoms. The smallest absolute Gasteiger partial charge is 0.273 e. The average molecular weight is 285 g/mol. The predicted molar refractivity (Wildman–Crippen MR) is 71.6 cm³/mol. The molecule has 0 heterocycles. The van der Waals surface area contributed by atoms with E-state index >= 15 is 0 Å². The lowest BCUT2D eigenvalue weighted by Crippen LogP contribution is -2.24. The van der Waals surface area contributed by atoms with Gasteiger partial charge in [0, 0.05) is 19.3 Å². The Morgan fingerprint density at radius 1 is 1.25 bits per heavy atom. The third kappa shape index (κ3) is 5.96. The van der Waals surface area contributed by atoms with Gasteiger partial charge in [-0.2, -0.15) is 0 Å². The van der Waals surface area contributed by atoms with Gasteiger partial charge in [-0.1, -0.05) is 6.07 Å². The summed E-state index contributed by atoms with van der Waals surface area (Å²) in [6.45, 7) is 4.99. The molecule has 0 aromatic heterocycles. The Labute approximate surface area is 117 Å². The van der Waals surface area contributed by atoms with Gasteiger partial charge in [0.15, 0.2) is 13.1 Å². The van der Waals surface area contributed by atoms with E-state index in [9.17, 15) is 10.1 Å². The summed E-state index contributed by atoms with van der Waals surface area (Å²) in [6, 6.07) is 5.91. The molecule has 0 aliphatic carbocycles. The SMILES string of the molecule is CCOC(COCOc1cccc([N+](=O)[O-])c1)OCC. The van der Waals surface area contributed by atoms with Crippen molar-refractivity contribution in [1.29, 1.82) is 0 Å². The van der Waals surface area contributed by atoms with E-state index in [0.717, 1.165) is 0 Å². The van der Waals surface area contributed by atoms with Crippen molar-refractivity contribution in [2.24, 2.45) is 0 Å². The molecule has 1 aromatic carbocycles. The first-order valence-electron chi connectivity index (χ1n) is 6.35. The van der Waals surface area contributed by atoms with Crippen molar-refractivity contribution in [3.63, 3.8) is 0 Å². The van der Waals surface area contributed by atoms with Crippen LogP contribution in [0, 0.1) is 10.1 Å². The van der Waals surface area contributed by atoms with Crippen LogP contribution in [0.15, 0.2) is 24.3 Å². The molecule has 1 rings (SSSR count). The van der Waals surface area contributed by atoms with Crippen LogP contribution >= 0.6 is 0 Å². The monoisotopic (exact) mass is 285 g/mol. The molecule has 0 N–H and O–H groups in total. The van der Waals surface area contributed by atoms with E-state index in [2.05, 4.69) is 0 Å². The zero-order chi connectivity index (χ0) is 14.8. The average Bonchev–Trinajstić information content (AvgIpc) is 2.44. The summed E-state index contributed by atoms with van der Waals surface area (Å²) in [5.74, 6) is 0.378. The largest absolute Gasteiger partial charge is 0.467 e. The second-order valence-electron chi connectivity index (χ2n) is 3.73. The molecule has 20 heavy (non-hydrogen) atoms. The van der Waals surface area contributed by atoms with E-state index in [1.54, 1.807) is 12.1 Å². The summed E-state index contributed by atoms with van der Waals surface area (Å²) >= 11 is 0. The van der Waals surface area contributed by atoms with Gasteiger partial charge < -0.3 is 18.9 Å². The van der Waals surface area contributed by atoms with E-state index in [4.69, 9.17) is 18.9 Å². The normalized spacial score (nSPS) is 10.8. The lowest BCUT2D eigenvalue weighted by Gasteiger charge is -2.16. The molecular formula is C13H19NO6. The van der Waals surface area contributed by atoms with Gasteiger partial charge in [-0.3, -0.25) is 10.1 Å². The Morgan fingerprint density at radius 3 is 2.55 bits per heavy atom. The molecule has 0 unspecified atom stereocenters. The van der Waals surface area contributed by atoms with Crippen LogP contribution < -0.4 is 4.74 Å². The Morgan fingerprint density at radius 2 is 1.95 bits per heavy atom. The summed E-state index contributed by atoms with van der Waals surface area (Å²) in [6.07, 6.45) is -0.432. The summed E-state index contributed by atoms with van der Waals surface area (Å²) in [4.78, 5) is 10.1. The Balaban J connectivity index is 2.33. The number of nitro groups is 1. The summed E-state index contributed by atoms with van der Waals surface area (Å²) in [5, 5.41) is 10.6. The fourth-order valence-corrected chi connectivity index (χ4v) is 1.46. The van der Waals surface area contributed by atoms with Gasteiger partial charge in [0.25, 0.3) is 5.69 Å². The van der Waals surface area contributed by atoms with Crippen LogP contribution in [0.3, 0.4) is 0 Å². The summed E-state index contributed by atoms with van der Waals surface area (Å²) in [7, 11) is 0. The Hall–Kier alpha value is -1.70. The highest BCUT2D eigenvalue weighted by molar-refractivity contribution is 5.37. The van der Waals surface area contributed by atoms with Crippen molar-refractivity contribution in [2.75, 3.05) is 26.6 Å². The minimum atomic E-state index is -0.478. The molecule has 7 nitrogen and oxygen atoms in total. The van der Waals surface area contributed by atoms with Crippen LogP contribution in [0.4, 0.5) is 5.69 Å². The molecule has 0 amide bonds. The zero-order valence-corrected chi connectivity index (χ0v) is 11.6. The second kappa shape index (κ2) is 9.24. The number of nitrogens with zero attached hydrogens (tertiary/aromatic N) is 1. The van der Waals surface area contributed by atoms with E-state index in [1.165, 1.54) is 12.1 Å². The fraction of sp³-hybridized carbons (Fsp3) is 0.538. The predicted octanol–water partition coefficient (Wildman–Crippen LogP) is 2.35. The second-order valence-corrected chi connectivity index (χ2v) is 3.73. The number of hydrogen-bond acceptors (Lipinski definition) is 6. The van der Waals surface area contributed by atoms with Crippen LogP contribution in [0.1, 0.15) is 13.8 Å². The van der Waals surface area contributed by atoms with E-state index in [1.807, 2.05) is 13.8 Å². The van der Waals surface area contributed by atoms with Crippen LogP contribution in [0.5, 0.6) is 5.75 Å². The van der Waals surface area contributed by atoms with Crippen molar-refractivity contribution >= 4 is 5.69 Å². The third-order valence-corrected chi connectivity index (χ3v) is 2.30. The maximum atomic E-state index is 10.6. The summed E-state index contributed by atoms with van der Waals surface area (Å²) < 4.78 is 21.1. The van der Waals surface area contributed by atoms with Crippen molar-refractivity contribution < 1.29 is 23.9 Å². The summed E-state index contributed by atoms with van der Waals surface area (Å²) in [5.41, 5.74) is -0.0241. The lowest BCUT2D eigenvalue weighted by molar-refractivity contribution is -0.385. The molecule has 0 spiro atoms. The molecule has 0 saturated carbocycles. The molecule has 1 aromatic rings. The van der Waals surface area contributed by atoms with Gasteiger partial charge >= 0.3 is 0 Å². The van der Waals surface area contributed by atoms with Gasteiger partial charge in [-0.05, 0) is 19.9 Å². The highest BCUT2D eigenvalue weighted by Gasteiger charge is 2.09. The fourth-order valence-electron chi connectivity index (χ4n) is 1.46. The first kappa shape index (κ1) is 16.4. The van der Waals surface area contributed by atoms with Crippen molar-refractivity contribution in [3.05, 3.63) is 34.4 Å². The maximum absolute atomic E-state index is 10.6. The molecule has 0 aliphatic rings. The number of rotatable bonds is 10. The van der Waals surface area contributed by atoms with Crippen LogP contribution in [0.25, 0.3) is 0 Å². The molecule has 112 valence electrons. The first-order chi connectivity index (χ1) is 9.67. The van der Waals surface area contributed by atoms with Gasteiger partial charge in [-0.25, -0.2) is 0 Å². The molecule has 0 radical (unpaired) electrons. The topological polar surface area (TPSA) is 80.1 Å². The number of hydrogen-bond donors (Lipinski definition) is 0. The van der Waals surface area contributed by atoms with Crippen molar-refractivity contribution in [2.45, 2.75) is 20.1 Å². The van der Waals surface area contributed by atoms with Crippen LogP contribution in [-0.2, 0) is 14.2 Å². The maximum Gasteiger partial charge on any atom is 0.273 e. The Bertz CT molecular complexity index is 406. The van der Waals surface area contributed by atoms with Gasteiger partial charge in [0.2, 0.25) is 0 Å². The number of ether oxygens (including phenoxy) is 4.